The van der Waals surface area contributed by atoms with Crippen molar-refractivity contribution in [1.29, 1.82) is 0 Å². The fourth-order valence-corrected chi connectivity index (χ4v) is 2.46. The first-order chi connectivity index (χ1) is 10.3. The molecule has 0 heterocycles. The summed E-state index contributed by atoms with van der Waals surface area (Å²) in [6.45, 7) is 8.57. The van der Waals surface area contributed by atoms with E-state index >= 15 is 0 Å². The van der Waals surface area contributed by atoms with Crippen molar-refractivity contribution in [3.05, 3.63) is 41.7 Å². The molecule has 1 N–H and O–H groups in total. The lowest BCUT2D eigenvalue weighted by Gasteiger charge is -2.19. The van der Waals surface area contributed by atoms with Gasteiger partial charge in [-0.3, -0.25) is 0 Å². The van der Waals surface area contributed by atoms with Crippen molar-refractivity contribution in [1.82, 2.24) is 5.32 Å². The molecular formula is C17H23F4N. The van der Waals surface area contributed by atoms with Gasteiger partial charge in [0, 0.05) is 17.8 Å². The minimum absolute atomic E-state index is 0.138. The van der Waals surface area contributed by atoms with E-state index in [1.165, 1.54) is 0 Å². The summed E-state index contributed by atoms with van der Waals surface area (Å²) >= 11 is 0. The van der Waals surface area contributed by atoms with Crippen LogP contribution >= 0.6 is 0 Å². The highest BCUT2D eigenvalue weighted by molar-refractivity contribution is 5.62. The van der Waals surface area contributed by atoms with E-state index in [-0.39, 0.29) is 5.56 Å². The lowest BCUT2D eigenvalue weighted by molar-refractivity contribution is -0.137. The third-order valence-corrected chi connectivity index (χ3v) is 3.57. The molecule has 124 valence electrons. The predicted octanol–water partition coefficient (Wildman–Crippen LogP) is 5.62. The second-order valence-electron chi connectivity index (χ2n) is 5.53. The Balaban J connectivity index is 2.79. The molecule has 0 bridgehead atoms. The molecule has 5 heteroatoms. The average Bonchev–Trinajstić information content (AvgIpc) is 2.43. The summed E-state index contributed by atoms with van der Waals surface area (Å²) in [4.78, 5) is 0. The van der Waals surface area contributed by atoms with E-state index in [0.717, 1.165) is 37.8 Å². The van der Waals surface area contributed by atoms with E-state index in [0.29, 0.717) is 24.2 Å². The highest BCUT2D eigenvalue weighted by Gasteiger charge is 2.31. The standard InChI is InChI=1S/C17H23F4N/c1-4-6-13(7-5-2)11-22-12(3)14-8-15(17(19,20)21)10-16(18)9-14/h8-10,13,22H,3-7,11H2,1-2H3. The number of rotatable bonds is 8. The molecule has 0 amide bonds. The van der Waals surface area contributed by atoms with E-state index < -0.39 is 17.6 Å². The SMILES string of the molecule is C=C(NCC(CCC)CCC)c1cc(F)cc(C(F)(F)F)c1. The Morgan fingerprint density at radius 1 is 1.14 bits per heavy atom. The first-order valence-corrected chi connectivity index (χ1v) is 7.58. The Hall–Kier alpha value is -1.52. The van der Waals surface area contributed by atoms with E-state index in [1.807, 2.05) is 0 Å². The van der Waals surface area contributed by atoms with Gasteiger partial charge in [-0.05, 0) is 37.0 Å². The minimum atomic E-state index is -4.57. The van der Waals surface area contributed by atoms with Crippen molar-refractivity contribution >= 4 is 5.70 Å². The molecule has 0 atom stereocenters. The van der Waals surface area contributed by atoms with Crippen LogP contribution in [0.1, 0.15) is 50.7 Å². The maximum atomic E-state index is 13.4. The van der Waals surface area contributed by atoms with E-state index in [2.05, 4.69) is 25.7 Å². The van der Waals surface area contributed by atoms with Gasteiger partial charge in [0.05, 0.1) is 5.56 Å². The predicted molar refractivity (Wildman–Crippen MR) is 81.7 cm³/mol. The Labute approximate surface area is 129 Å². The summed E-state index contributed by atoms with van der Waals surface area (Å²) < 4.78 is 51.5. The Morgan fingerprint density at radius 3 is 2.23 bits per heavy atom. The number of alkyl halides is 3. The number of hydrogen-bond acceptors (Lipinski definition) is 1. The summed E-state index contributed by atoms with van der Waals surface area (Å²) in [5, 5.41) is 3.05. The summed E-state index contributed by atoms with van der Waals surface area (Å²) in [5.41, 5.74) is -0.537. The highest BCUT2D eigenvalue weighted by atomic mass is 19.4. The van der Waals surface area contributed by atoms with Crippen LogP contribution in [0.15, 0.2) is 24.8 Å². The summed E-state index contributed by atoms with van der Waals surface area (Å²) in [5.74, 6) is -0.464. The maximum Gasteiger partial charge on any atom is 0.416 e. The summed E-state index contributed by atoms with van der Waals surface area (Å²) in [6.07, 6.45) is -0.367. The number of benzene rings is 1. The fourth-order valence-electron chi connectivity index (χ4n) is 2.46. The molecule has 0 fully saturated rings. The quantitative estimate of drug-likeness (QED) is 0.613. The number of hydrogen-bond donors (Lipinski definition) is 1. The molecule has 1 rings (SSSR count). The molecule has 1 nitrogen and oxygen atoms in total. The lowest BCUT2D eigenvalue weighted by Crippen LogP contribution is -2.21. The van der Waals surface area contributed by atoms with E-state index in [9.17, 15) is 17.6 Å². The monoisotopic (exact) mass is 317 g/mol. The van der Waals surface area contributed by atoms with Gasteiger partial charge in [-0.25, -0.2) is 4.39 Å². The zero-order chi connectivity index (χ0) is 16.8. The molecule has 1 aromatic carbocycles. The van der Waals surface area contributed by atoms with Crippen molar-refractivity contribution in [2.75, 3.05) is 6.54 Å². The fraction of sp³-hybridized carbons (Fsp3) is 0.529. The normalized spacial score (nSPS) is 11.8. The third-order valence-electron chi connectivity index (χ3n) is 3.57. The van der Waals surface area contributed by atoms with Gasteiger partial charge in [0.2, 0.25) is 0 Å². The second-order valence-corrected chi connectivity index (χ2v) is 5.53. The van der Waals surface area contributed by atoms with Gasteiger partial charge < -0.3 is 5.32 Å². The van der Waals surface area contributed by atoms with Crippen molar-refractivity contribution in [2.45, 2.75) is 45.7 Å². The van der Waals surface area contributed by atoms with Gasteiger partial charge in [0.25, 0.3) is 0 Å². The molecule has 0 aliphatic heterocycles. The Kier molecular flexibility index (Phi) is 6.91. The largest absolute Gasteiger partial charge is 0.416 e. The van der Waals surface area contributed by atoms with Crippen LogP contribution in [-0.4, -0.2) is 6.54 Å². The average molecular weight is 317 g/mol. The van der Waals surface area contributed by atoms with Gasteiger partial charge in [-0.15, -0.1) is 0 Å². The van der Waals surface area contributed by atoms with Gasteiger partial charge in [0.15, 0.2) is 0 Å². The number of halogens is 4. The van der Waals surface area contributed by atoms with Crippen LogP contribution in [-0.2, 0) is 6.18 Å². The van der Waals surface area contributed by atoms with Gasteiger partial charge in [-0.1, -0.05) is 33.3 Å². The summed E-state index contributed by atoms with van der Waals surface area (Å²) in [6, 6.07) is 2.49. The van der Waals surface area contributed by atoms with Gasteiger partial charge in [-0.2, -0.15) is 13.2 Å². The first kappa shape index (κ1) is 18.5. The molecule has 0 radical (unpaired) electrons. The van der Waals surface area contributed by atoms with Crippen LogP contribution in [0.4, 0.5) is 17.6 Å². The smallest absolute Gasteiger partial charge is 0.385 e. The van der Waals surface area contributed by atoms with Crippen LogP contribution in [0.3, 0.4) is 0 Å². The van der Waals surface area contributed by atoms with Crippen LogP contribution in [0, 0.1) is 11.7 Å². The molecule has 0 aromatic heterocycles. The van der Waals surface area contributed by atoms with E-state index in [1.54, 1.807) is 0 Å². The topological polar surface area (TPSA) is 12.0 Å². The van der Waals surface area contributed by atoms with Crippen molar-refractivity contribution < 1.29 is 17.6 Å². The number of nitrogens with one attached hydrogen (secondary N) is 1. The molecule has 0 aliphatic carbocycles. The lowest BCUT2D eigenvalue weighted by atomic mass is 9.98. The van der Waals surface area contributed by atoms with Crippen LogP contribution < -0.4 is 5.32 Å². The minimum Gasteiger partial charge on any atom is -0.385 e. The van der Waals surface area contributed by atoms with Gasteiger partial charge in [0.1, 0.15) is 5.82 Å². The van der Waals surface area contributed by atoms with Crippen LogP contribution in [0.25, 0.3) is 5.70 Å². The third kappa shape index (κ3) is 5.70. The van der Waals surface area contributed by atoms with Crippen LogP contribution in [0.2, 0.25) is 0 Å². The molecule has 0 unspecified atom stereocenters. The zero-order valence-electron chi connectivity index (χ0n) is 13.1. The molecule has 1 aromatic rings. The molecule has 0 saturated carbocycles. The van der Waals surface area contributed by atoms with E-state index in [4.69, 9.17) is 0 Å². The second kappa shape index (κ2) is 8.20. The molecule has 0 saturated heterocycles. The van der Waals surface area contributed by atoms with Crippen molar-refractivity contribution in [3.8, 4) is 0 Å². The summed E-state index contributed by atoms with van der Waals surface area (Å²) in [7, 11) is 0. The molecule has 0 spiro atoms. The van der Waals surface area contributed by atoms with Crippen molar-refractivity contribution in [3.63, 3.8) is 0 Å². The Bertz CT molecular complexity index is 488. The van der Waals surface area contributed by atoms with Gasteiger partial charge >= 0.3 is 6.18 Å². The highest BCUT2D eigenvalue weighted by Crippen LogP contribution is 2.31. The molecule has 0 aliphatic rings. The Morgan fingerprint density at radius 2 is 1.73 bits per heavy atom. The van der Waals surface area contributed by atoms with Crippen LogP contribution in [0.5, 0.6) is 0 Å². The zero-order valence-corrected chi connectivity index (χ0v) is 13.1. The molecule has 22 heavy (non-hydrogen) atoms. The first-order valence-electron chi connectivity index (χ1n) is 7.58. The van der Waals surface area contributed by atoms with Crippen molar-refractivity contribution in [2.24, 2.45) is 5.92 Å². The molecular weight excluding hydrogens is 294 g/mol. The maximum absolute atomic E-state index is 13.4.